The van der Waals surface area contributed by atoms with Gasteiger partial charge in [-0.1, -0.05) is 6.92 Å². The van der Waals surface area contributed by atoms with Crippen molar-refractivity contribution in [2.75, 3.05) is 17.2 Å². The second kappa shape index (κ2) is 6.17. The van der Waals surface area contributed by atoms with Gasteiger partial charge in [-0.25, -0.2) is 9.97 Å². The molecule has 0 bridgehead atoms. The van der Waals surface area contributed by atoms with Crippen molar-refractivity contribution in [1.29, 1.82) is 0 Å². The Morgan fingerprint density at radius 3 is 2.74 bits per heavy atom. The van der Waals surface area contributed by atoms with E-state index in [0.717, 1.165) is 30.2 Å². The zero-order valence-electron chi connectivity index (χ0n) is 11.5. The lowest BCUT2D eigenvalue weighted by Gasteiger charge is -2.07. The highest BCUT2D eigenvalue weighted by Gasteiger charge is 2.04. The number of hydrogen-bond donors (Lipinski definition) is 2. The summed E-state index contributed by atoms with van der Waals surface area (Å²) in [4.78, 5) is 12.9. The van der Waals surface area contributed by atoms with E-state index in [4.69, 9.17) is 4.42 Å². The number of anilines is 2. The fourth-order valence-corrected chi connectivity index (χ4v) is 1.66. The van der Waals surface area contributed by atoms with Gasteiger partial charge in [0.25, 0.3) is 0 Å². The van der Waals surface area contributed by atoms with Crippen LogP contribution >= 0.6 is 0 Å². The Kier molecular flexibility index (Phi) is 4.33. The van der Waals surface area contributed by atoms with Gasteiger partial charge in [-0.15, -0.1) is 0 Å². The summed E-state index contributed by atoms with van der Waals surface area (Å²) in [6.07, 6.45) is 2.61. The summed E-state index contributed by atoms with van der Waals surface area (Å²) in [6.45, 7) is 7.30. The van der Waals surface area contributed by atoms with E-state index in [1.807, 2.05) is 26.8 Å². The smallest absolute Gasteiger partial charge is 0.224 e. The normalized spacial score (nSPS) is 10.5. The predicted molar refractivity (Wildman–Crippen MR) is 74.1 cm³/mol. The third-order valence-electron chi connectivity index (χ3n) is 2.56. The summed E-state index contributed by atoms with van der Waals surface area (Å²) >= 11 is 0. The molecule has 0 aliphatic carbocycles. The number of hydrogen-bond acceptors (Lipinski definition) is 6. The zero-order chi connectivity index (χ0) is 13.7. The van der Waals surface area contributed by atoms with E-state index in [1.165, 1.54) is 0 Å². The number of rotatable bonds is 6. The molecule has 2 N–H and O–H groups in total. The van der Waals surface area contributed by atoms with Crippen molar-refractivity contribution in [3.63, 3.8) is 0 Å². The van der Waals surface area contributed by atoms with Gasteiger partial charge in [0.2, 0.25) is 11.8 Å². The van der Waals surface area contributed by atoms with Crippen LogP contribution in [0.2, 0.25) is 0 Å². The summed E-state index contributed by atoms with van der Waals surface area (Å²) in [5, 5.41) is 6.29. The molecule has 0 saturated carbocycles. The fourth-order valence-electron chi connectivity index (χ4n) is 1.66. The van der Waals surface area contributed by atoms with Gasteiger partial charge in [-0.2, -0.15) is 4.98 Å². The van der Waals surface area contributed by atoms with Crippen LogP contribution in [0, 0.1) is 6.92 Å². The van der Waals surface area contributed by atoms with E-state index in [2.05, 4.69) is 25.6 Å². The van der Waals surface area contributed by atoms with Gasteiger partial charge >= 0.3 is 0 Å². The highest BCUT2D eigenvalue weighted by molar-refractivity contribution is 5.42. The van der Waals surface area contributed by atoms with Crippen LogP contribution < -0.4 is 10.6 Å². The molecule has 0 saturated heterocycles. The molecule has 0 aliphatic heterocycles. The Morgan fingerprint density at radius 2 is 2.05 bits per heavy atom. The quantitative estimate of drug-likeness (QED) is 0.831. The molecule has 6 nitrogen and oxygen atoms in total. The first kappa shape index (κ1) is 13.3. The van der Waals surface area contributed by atoms with Gasteiger partial charge in [0, 0.05) is 24.7 Å². The Bertz CT molecular complexity index is 538. The molecule has 0 amide bonds. The van der Waals surface area contributed by atoms with Gasteiger partial charge in [0.15, 0.2) is 0 Å². The first-order valence-corrected chi connectivity index (χ1v) is 6.48. The lowest BCUT2D eigenvalue weighted by Crippen LogP contribution is -2.07. The number of nitrogens with zero attached hydrogens (tertiary/aromatic N) is 3. The van der Waals surface area contributed by atoms with Crippen molar-refractivity contribution in [3.8, 4) is 0 Å². The zero-order valence-corrected chi connectivity index (χ0v) is 11.5. The molecule has 0 unspecified atom stereocenters. The molecule has 0 fully saturated rings. The summed E-state index contributed by atoms with van der Waals surface area (Å²) in [5.41, 5.74) is 0.912. The third kappa shape index (κ3) is 3.67. The number of oxazole rings is 1. The molecule has 0 aliphatic rings. The number of nitrogens with one attached hydrogen (secondary N) is 2. The van der Waals surface area contributed by atoms with Crippen LogP contribution in [0.1, 0.15) is 31.2 Å². The van der Waals surface area contributed by atoms with Crippen molar-refractivity contribution < 1.29 is 4.42 Å². The highest BCUT2D eigenvalue weighted by Crippen LogP contribution is 2.11. The molecule has 2 aromatic rings. The molecular formula is C13H19N5O. The van der Waals surface area contributed by atoms with Gasteiger partial charge in [-0.3, -0.25) is 0 Å². The molecule has 2 heterocycles. The SMILES string of the molecule is CCNc1nc(C)cc(NCc2ncc(CC)o2)n1. The second-order valence-corrected chi connectivity index (χ2v) is 4.18. The van der Waals surface area contributed by atoms with E-state index in [0.29, 0.717) is 18.4 Å². The van der Waals surface area contributed by atoms with Crippen molar-refractivity contribution in [2.24, 2.45) is 0 Å². The molecular weight excluding hydrogens is 242 g/mol. The molecule has 102 valence electrons. The predicted octanol–water partition coefficient (Wildman–Crippen LogP) is 2.38. The van der Waals surface area contributed by atoms with Crippen LogP contribution in [0.15, 0.2) is 16.7 Å². The monoisotopic (exact) mass is 261 g/mol. The average molecular weight is 261 g/mol. The largest absolute Gasteiger partial charge is 0.444 e. The van der Waals surface area contributed by atoms with Crippen LogP contribution in [0.5, 0.6) is 0 Å². The Labute approximate surface area is 112 Å². The minimum atomic E-state index is 0.516. The van der Waals surface area contributed by atoms with E-state index < -0.39 is 0 Å². The maximum atomic E-state index is 5.53. The maximum Gasteiger partial charge on any atom is 0.224 e. The van der Waals surface area contributed by atoms with E-state index in [1.54, 1.807) is 6.20 Å². The molecule has 6 heteroatoms. The maximum absolute atomic E-state index is 5.53. The molecule has 2 rings (SSSR count). The van der Waals surface area contributed by atoms with Crippen LogP contribution in [-0.2, 0) is 13.0 Å². The van der Waals surface area contributed by atoms with Crippen LogP contribution in [-0.4, -0.2) is 21.5 Å². The average Bonchev–Trinajstić information content (AvgIpc) is 2.84. The molecule has 0 radical (unpaired) electrons. The fraction of sp³-hybridized carbons (Fsp3) is 0.462. The standard InChI is InChI=1S/C13H19N5O/c1-4-10-7-16-12(19-10)8-15-11-6-9(3)17-13(18-11)14-5-2/h6-7H,4-5,8H2,1-3H3,(H2,14,15,17,18). The summed E-state index contributed by atoms with van der Waals surface area (Å²) in [6, 6.07) is 1.89. The van der Waals surface area contributed by atoms with E-state index in [9.17, 15) is 0 Å². The molecule has 19 heavy (non-hydrogen) atoms. The highest BCUT2D eigenvalue weighted by atomic mass is 16.4. The lowest BCUT2D eigenvalue weighted by molar-refractivity contribution is 0.465. The summed E-state index contributed by atoms with van der Waals surface area (Å²) in [7, 11) is 0. The third-order valence-corrected chi connectivity index (χ3v) is 2.56. The van der Waals surface area contributed by atoms with Crippen LogP contribution in [0.4, 0.5) is 11.8 Å². The number of aryl methyl sites for hydroxylation is 2. The van der Waals surface area contributed by atoms with Crippen molar-refractivity contribution >= 4 is 11.8 Å². The minimum Gasteiger partial charge on any atom is -0.444 e. The first-order chi connectivity index (χ1) is 9.21. The van der Waals surface area contributed by atoms with Gasteiger partial charge in [0.05, 0.1) is 12.7 Å². The number of aromatic nitrogens is 3. The van der Waals surface area contributed by atoms with Gasteiger partial charge < -0.3 is 15.1 Å². The van der Waals surface area contributed by atoms with Crippen molar-refractivity contribution in [2.45, 2.75) is 33.7 Å². The van der Waals surface area contributed by atoms with E-state index >= 15 is 0 Å². The molecule has 0 aromatic carbocycles. The summed E-state index contributed by atoms with van der Waals surface area (Å²) in [5.74, 6) is 2.95. The van der Waals surface area contributed by atoms with Gasteiger partial charge in [-0.05, 0) is 13.8 Å². The topological polar surface area (TPSA) is 75.9 Å². The van der Waals surface area contributed by atoms with E-state index in [-0.39, 0.29) is 0 Å². The van der Waals surface area contributed by atoms with Crippen molar-refractivity contribution in [3.05, 3.63) is 29.6 Å². The second-order valence-electron chi connectivity index (χ2n) is 4.18. The minimum absolute atomic E-state index is 0.516. The van der Waals surface area contributed by atoms with Crippen molar-refractivity contribution in [1.82, 2.24) is 15.0 Å². The Hall–Kier alpha value is -2.11. The van der Waals surface area contributed by atoms with Crippen LogP contribution in [0.25, 0.3) is 0 Å². The molecule has 2 aromatic heterocycles. The molecule has 0 spiro atoms. The Balaban J connectivity index is 2.02. The molecule has 0 atom stereocenters. The van der Waals surface area contributed by atoms with Crippen LogP contribution in [0.3, 0.4) is 0 Å². The lowest BCUT2D eigenvalue weighted by atomic mass is 10.4. The Morgan fingerprint density at radius 1 is 1.21 bits per heavy atom. The summed E-state index contributed by atoms with van der Waals surface area (Å²) < 4.78 is 5.53. The first-order valence-electron chi connectivity index (χ1n) is 6.48. The van der Waals surface area contributed by atoms with Gasteiger partial charge in [0.1, 0.15) is 11.6 Å².